The standard InChI is InChI=1S/C8H9F.CH2O2/c1-2-7-3-5-8(9)6-4-7;2-1-3/h3-6H,2H2,1H3;1H,(H,2,3). The number of hydrogen-bond donors (Lipinski definition) is 1. The molecule has 3 heteroatoms. The Kier molecular flexibility index (Phi) is 5.61. The molecule has 0 heterocycles. The molecule has 0 spiro atoms. The monoisotopic (exact) mass is 170 g/mol. The van der Waals surface area contributed by atoms with Gasteiger partial charge in [0.2, 0.25) is 0 Å². The fraction of sp³-hybridized carbons (Fsp3) is 0.222. The highest BCUT2D eigenvalue weighted by molar-refractivity contribution is 5.32. The van der Waals surface area contributed by atoms with Gasteiger partial charge in [-0.3, -0.25) is 4.79 Å². The third-order valence-corrected chi connectivity index (χ3v) is 1.32. The molecule has 0 aliphatic rings. The van der Waals surface area contributed by atoms with Crippen LogP contribution in [0.4, 0.5) is 4.39 Å². The molecule has 1 aromatic rings. The van der Waals surface area contributed by atoms with E-state index in [0.29, 0.717) is 0 Å². The van der Waals surface area contributed by atoms with Crippen LogP contribution < -0.4 is 0 Å². The highest BCUT2D eigenvalue weighted by Gasteiger charge is 1.87. The van der Waals surface area contributed by atoms with Crippen molar-refractivity contribution < 1.29 is 14.3 Å². The number of carboxylic acid groups (broad SMARTS) is 1. The zero-order valence-electron chi connectivity index (χ0n) is 6.83. The maximum absolute atomic E-state index is 12.2. The quantitative estimate of drug-likeness (QED) is 0.655. The number of aryl methyl sites for hydroxylation is 1. The van der Waals surface area contributed by atoms with Crippen LogP contribution in [0.5, 0.6) is 0 Å². The first-order chi connectivity index (χ1) is 5.74. The third kappa shape index (κ3) is 4.44. The molecular weight excluding hydrogens is 159 g/mol. The second kappa shape index (κ2) is 6.34. The van der Waals surface area contributed by atoms with Crippen LogP contribution in [0.15, 0.2) is 24.3 Å². The van der Waals surface area contributed by atoms with E-state index < -0.39 is 0 Å². The fourth-order valence-corrected chi connectivity index (χ4v) is 0.720. The maximum Gasteiger partial charge on any atom is 0.290 e. The molecule has 0 fully saturated rings. The normalized spacial score (nSPS) is 8.17. The number of carbonyl (C=O) groups is 1. The summed E-state index contributed by atoms with van der Waals surface area (Å²) in [5, 5.41) is 6.89. The second-order valence-corrected chi connectivity index (χ2v) is 2.09. The molecule has 2 nitrogen and oxygen atoms in total. The number of hydrogen-bond acceptors (Lipinski definition) is 1. The molecule has 0 radical (unpaired) electrons. The van der Waals surface area contributed by atoms with E-state index in [-0.39, 0.29) is 12.3 Å². The van der Waals surface area contributed by atoms with Gasteiger partial charge in [0.15, 0.2) is 0 Å². The molecule has 0 atom stereocenters. The van der Waals surface area contributed by atoms with Gasteiger partial charge >= 0.3 is 0 Å². The molecule has 0 aliphatic heterocycles. The van der Waals surface area contributed by atoms with Crippen molar-refractivity contribution in [1.82, 2.24) is 0 Å². The van der Waals surface area contributed by atoms with Crippen LogP contribution in [0.3, 0.4) is 0 Å². The lowest BCUT2D eigenvalue weighted by Gasteiger charge is -1.92. The van der Waals surface area contributed by atoms with Crippen molar-refractivity contribution in [2.45, 2.75) is 13.3 Å². The summed E-state index contributed by atoms with van der Waals surface area (Å²) < 4.78 is 12.2. The van der Waals surface area contributed by atoms with E-state index in [2.05, 4.69) is 0 Å². The SMILES string of the molecule is CCc1ccc(F)cc1.O=CO. The van der Waals surface area contributed by atoms with Crippen LogP contribution in [0.2, 0.25) is 0 Å². The molecule has 0 saturated heterocycles. The number of halogens is 1. The summed E-state index contributed by atoms with van der Waals surface area (Å²) in [6.07, 6.45) is 0.972. The first-order valence-corrected chi connectivity index (χ1v) is 3.56. The molecule has 1 aromatic carbocycles. The fourth-order valence-electron chi connectivity index (χ4n) is 0.720. The highest BCUT2D eigenvalue weighted by atomic mass is 19.1. The maximum atomic E-state index is 12.2. The summed E-state index contributed by atoms with van der Waals surface area (Å²) >= 11 is 0. The number of benzene rings is 1. The molecule has 0 amide bonds. The van der Waals surface area contributed by atoms with Gasteiger partial charge in [0.05, 0.1) is 0 Å². The van der Waals surface area contributed by atoms with Gasteiger partial charge < -0.3 is 5.11 Å². The molecule has 66 valence electrons. The number of rotatable bonds is 1. The van der Waals surface area contributed by atoms with Crippen molar-refractivity contribution >= 4 is 6.47 Å². The minimum Gasteiger partial charge on any atom is -0.483 e. The van der Waals surface area contributed by atoms with Crippen LogP contribution in [-0.2, 0) is 11.2 Å². The molecule has 0 saturated carbocycles. The van der Waals surface area contributed by atoms with E-state index in [0.717, 1.165) is 6.42 Å². The van der Waals surface area contributed by atoms with Gasteiger partial charge in [-0.15, -0.1) is 0 Å². The Labute approximate surface area is 70.7 Å². The molecule has 1 N–H and O–H groups in total. The van der Waals surface area contributed by atoms with Gasteiger partial charge in [-0.05, 0) is 24.1 Å². The molecule has 0 aliphatic carbocycles. The summed E-state index contributed by atoms with van der Waals surface area (Å²) in [5.41, 5.74) is 1.18. The van der Waals surface area contributed by atoms with Gasteiger partial charge in [-0.2, -0.15) is 0 Å². The lowest BCUT2D eigenvalue weighted by molar-refractivity contribution is -0.122. The average Bonchev–Trinajstić information content (AvgIpc) is 2.07. The van der Waals surface area contributed by atoms with Gasteiger partial charge in [0.25, 0.3) is 6.47 Å². The van der Waals surface area contributed by atoms with E-state index in [1.165, 1.54) is 17.7 Å². The minimum atomic E-state index is -0.250. The molecule has 0 unspecified atom stereocenters. The van der Waals surface area contributed by atoms with Crippen molar-refractivity contribution in [3.63, 3.8) is 0 Å². The summed E-state index contributed by atoms with van der Waals surface area (Å²) in [7, 11) is 0. The van der Waals surface area contributed by atoms with E-state index >= 15 is 0 Å². The zero-order valence-corrected chi connectivity index (χ0v) is 6.83. The van der Waals surface area contributed by atoms with Crippen molar-refractivity contribution in [3.8, 4) is 0 Å². The van der Waals surface area contributed by atoms with Gasteiger partial charge in [0.1, 0.15) is 5.82 Å². The summed E-state index contributed by atoms with van der Waals surface area (Å²) in [6, 6.07) is 6.57. The first-order valence-electron chi connectivity index (χ1n) is 3.56. The van der Waals surface area contributed by atoms with Crippen LogP contribution in [0.25, 0.3) is 0 Å². The highest BCUT2D eigenvalue weighted by Crippen LogP contribution is 2.01. The zero-order chi connectivity index (χ0) is 9.40. The topological polar surface area (TPSA) is 37.3 Å². The third-order valence-electron chi connectivity index (χ3n) is 1.32. The molecule has 1 rings (SSSR count). The Balaban J connectivity index is 0.000000354. The lowest BCUT2D eigenvalue weighted by Crippen LogP contribution is -1.78. The van der Waals surface area contributed by atoms with Crippen LogP contribution in [0.1, 0.15) is 12.5 Å². The van der Waals surface area contributed by atoms with E-state index in [4.69, 9.17) is 9.90 Å². The Morgan fingerprint density at radius 2 is 1.83 bits per heavy atom. The molecule has 0 aromatic heterocycles. The minimum absolute atomic E-state index is 0.160. The summed E-state index contributed by atoms with van der Waals surface area (Å²) in [6.45, 7) is 1.80. The van der Waals surface area contributed by atoms with Gasteiger partial charge in [-0.25, -0.2) is 4.39 Å². The largest absolute Gasteiger partial charge is 0.483 e. The Morgan fingerprint density at radius 1 is 1.42 bits per heavy atom. The molecular formula is C9H11FO2. The molecule has 0 bridgehead atoms. The van der Waals surface area contributed by atoms with E-state index in [1.807, 2.05) is 6.92 Å². The van der Waals surface area contributed by atoms with Crippen LogP contribution in [-0.4, -0.2) is 11.6 Å². The predicted octanol–water partition coefficient (Wildman–Crippen LogP) is 2.09. The van der Waals surface area contributed by atoms with E-state index in [9.17, 15) is 4.39 Å². The van der Waals surface area contributed by atoms with Crippen LogP contribution >= 0.6 is 0 Å². The Morgan fingerprint density at radius 3 is 2.17 bits per heavy atom. The smallest absolute Gasteiger partial charge is 0.290 e. The molecule has 12 heavy (non-hydrogen) atoms. The van der Waals surface area contributed by atoms with Gasteiger partial charge in [-0.1, -0.05) is 19.1 Å². The van der Waals surface area contributed by atoms with E-state index in [1.54, 1.807) is 12.1 Å². The van der Waals surface area contributed by atoms with Crippen LogP contribution in [0, 0.1) is 5.82 Å². The summed E-state index contributed by atoms with van der Waals surface area (Å²) in [5.74, 6) is -0.160. The average molecular weight is 170 g/mol. The summed E-state index contributed by atoms with van der Waals surface area (Å²) in [4.78, 5) is 8.36. The Hall–Kier alpha value is -1.38. The van der Waals surface area contributed by atoms with Crippen molar-refractivity contribution in [2.75, 3.05) is 0 Å². The van der Waals surface area contributed by atoms with Crippen molar-refractivity contribution in [3.05, 3.63) is 35.6 Å². The van der Waals surface area contributed by atoms with Crippen molar-refractivity contribution in [1.29, 1.82) is 0 Å². The Bertz CT molecular complexity index is 218. The van der Waals surface area contributed by atoms with Gasteiger partial charge in [0, 0.05) is 0 Å². The first kappa shape index (κ1) is 10.6. The second-order valence-electron chi connectivity index (χ2n) is 2.09. The predicted molar refractivity (Wildman–Crippen MR) is 44.5 cm³/mol. The lowest BCUT2D eigenvalue weighted by atomic mass is 10.2. The van der Waals surface area contributed by atoms with Crippen molar-refractivity contribution in [2.24, 2.45) is 0 Å².